The Balaban J connectivity index is 3.27. The summed E-state index contributed by atoms with van der Waals surface area (Å²) in [5, 5.41) is 0. The van der Waals surface area contributed by atoms with Crippen LogP contribution in [0.4, 0.5) is 17.8 Å². The zero-order valence-corrected chi connectivity index (χ0v) is 24.1. The summed E-state index contributed by atoms with van der Waals surface area (Å²) < 4.78 is 15.8. The van der Waals surface area contributed by atoms with E-state index in [-0.39, 0.29) is 19.8 Å². The lowest BCUT2D eigenvalue weighted by molar-refractivity contribution is -0.139. The molecule has 1 heterocycles. The molecule has 0 saturated carbocycles. The van der Waals surface area contributed by atoms with E-state index in [1.807, 2.05) is 35.5 Å². The van der Waals surface area contributed by atoms with Crippen LogP contribution in [0.2, 0.25) is 0 Å². The van der Waals surface area contributed by atoms with Gasteiger partial charge in [-0.25, -0.2) is 14.4 Å². The molecule has 0 radical (unpaired) electrons. The summed E-state index contributed by atoms with van der Waals surface area (Å²) in [6.07, 6.45) is 0. The first-order valence-corrected chi connectivity index (χ1v) is 12.9. The van der Waals surface area contributed by atoms with Gasteiger partial charge in [-0.2, -0.15) is 15.0 Å². The fourth-order valence-electron chi connectivity index (χ4n) is 3.08. The van der Waals surface area contributed by atoms with Gasteiger partial charge in [0.05, 0.1) is 19.6 Å². The summed E-state index contributed by atoms with van der Waals surface area (Å²) in [6.45, 7) is 24.4. The van der Waals surface area contributed by atoms with Crippen LogP contribution >= 0.6 is 0 Å². The van der Waals surface area contributed by atoms with Gasteiger partial charge < -0.3 is 28.9 Å². The van der Waals surface area contributed by atoms with E-state index in [1.165, 1.54) is 0 Å². The van der Waals surface area contributed by atoms with E-state index < -0.39 is 17.9 Å². The van der Waals surface area contributed by atoms with E-state index in [0.717, 1.165) is 0 Å². The minimum Gasteiger partial charge on any atom is -0.460 e. The van der Waals surface area contributed by atoms with Crippen molar-refractivity contribution in [3.63, 3.8) is 0 Å². The minimum atomic E-state index is -0.467. The maximum absolute atomic E-state index is 11.8. The number of hydrogen-bond donors (Lipinski definition) is 0. The number of hydrogen-bond acceptors (Lipinski definition) is 12. The number of nitrogens with zero attached hydrogens (tertiary/aromatic N) is 6. The molecule has 1 aromatic heterocycles. The molecule has 0 fully saturated rings. The molecule has 0 amide bonds. The topological polar surface area (TPSA) is 127 Å². The Morgan fingerprint density at radius 3 is 0.974 bits per heavy atom. The van der Waals surface area contributed by atoms with Gasteiger partial charge in [-0.3, -0.25) is 0 Å². The van der Waals surface area contributed by atoms with Crippen LogP contribution in [0, 0.1) is 0 Å². The summed E-state index contributed by atoms with van der Waals surface area (Å²) in [4.78, 5) is 55.1. The zero-order chi connectivity index (χ0) is 29.5. The van der Waals surface area contributed by atoms with E-state index in [2.05, 4.69) is 34.7 Å². The highest BCUT2D eigenvalue weighted by Gasteiger charge is 2.20. The van der Waals surface area contributed by atoms with Crippen molar-refractivity contribution in [3.05, 3.63) is 36.5 Å². The Kier molecular flexibility index (Phi) is 14.2. The van der Waals surface area contributed by atoms with Crippen LogP contribution in [0.15, 0.2) is 36.5 Å². The molecule has 12 nitrogen and oxygen atoms in total. The Hall–Kier alpha value is -3.96. The molecule has 216 valence electrons. The highest BCUT2D eigenvalue weighted by atomic mass is 16.5. The van der Waals surface area contributed by atoms with E-state index in [9.17, 15) is 14.4 Å². The van der Waals surface area contributed by atoms with Gasteiger partial charge in [0.25, 0.3) is 0 Å². The maximum Gasteiger partial charge on any atom is 0.333 e. The number of anilines is 3. The summed E-state index contributed by atoms with van der Waals surface area (Å²) in [5.74, 6) is -0.237. The predicted octanol–water partition coefficient (Wildman–Crippen LogP) is 2.71. The van der Waals surface area contributed by atoms with Gasteiger partial charge in [0.2, 0.25) is 17.8 Å². The van der Waals surface area contributed by atoms with Crippen molar-refractivity contribution in [2.45, 2.75) is 41.5 Å². The van der Waals surface area contributed by atoms with Crippen LogP contribution < -0.4 is 14.7 Å². The largest absolute Gasteiger partial charge is 0.460 e. The van der Waals surface area contributed by atoms with Gasteiger partial charge in [0.1, 0.15) is 19.8 Å². The highest BCUT2D eigenvalue weighted by Crippen LogP contribution is 2.19. The molecular weight excluding hydrogens is 504 g/mol. The van der Waals surface area contributed by atoms with Crippen LogP contribution in [-0.4, -0.2) is 91.9 Å². The number of likely N-dealkylation sites (N-methyl/N-ethyl adjacent to an activating group) is 3. The molecule has 1 rings (SSSR count). The third-order valence-corrected chi connectivity index (χ3v) is 5.42. The zero-order valence-electron chi connectivity index (χ0n) is 24.1. The Morgan fingerprint density at radius 1 is 0.564 bits per heavy atom. The van der Waals surface area contributed by atoms with Crippen LogP contribution in [0.1, 0.15) is 41.5 Å². The molecule has 0 aliphatic rings. The molecule has 0 aliphatic carbocycles. The molecule has 0 atom stereocenters. The molecule has 0 aliphatic heterocycles. The van der Waals surface area contributed by atoms with Gasteiger partial charge in [0, 0.05) is 36.4 Å². The van der Waals surface area contributed by atoms with Crippen molar-refractivity contribution in [2.75, 3.05) is 73.8 Å². The van der Waals surface area contributed by atoms with Gasteiger partial charge in [-0.15, -0.1) is 0 Å². The molecule has 0 N–H and O–H groups in total. The molecule has 12 heteroatoms. The van der Waals surface area contributed by atoms with Crippen molar-refractivity contribution in [2.24, 2.45) is 0 Å². The molecule has 0 unspecified atom stereocenters. The van der Waals surface area contributed by atoms with Crippen LogP contribution in [0.25, 0.3) is 0 Å². The summed E-state index contributed by atoms with van der Waals surface area (Å²) in [6, 6.07) is 0. The molecule has 0 saturated heterocycles. The van der Waals surface area contributed by atoms with E-state index >= 15 is 0 Å². The third kappa shape index (κ3) is 11.1. The van der Waals surface area contributed by atoms with Crippen molar-refractivity contribution >= 4 is 35.8 Å². The van der Waals surface area contributed by atoms with Crippen LogP contribution in [0.3, 0.4) is 0 Å². The van der Waals surface area contributed by atoms with E-state index in [0.29, 0.717) is 73.8 Å². The number of esters is 3. The standard InChI is InChI=1S/C27H42N6O6/c1-10-31(13-16-37-22(34)19(4)5)25-28-26(32(11-2)14-17-38-23(35)20(6)7)30-27(29-25)33(12-3)15-18-39-24(36)21(8)9/h4,6,8,10-18H2,1-3,5,7,9H3. The van der Waals surface area contributed by atoms with Crippen molar-refractivity contribution in [1.82, 2.24) is 15.0 Å². The Morgan fingerprint density at radius 2 is 0.795 bits per heavy atom. The van der Waals surface area contributed by atoms with E-state index in [4.69, 9.17) is 14.2 Å². The fourth-order valence-corrected chi connectivity index (χ4v) is 3.08. The van der Waals surface area contributed by atoms with Gasteiger partial charge in [0.15, 0.2) is 0 Å². The molecule has 0 bridgehead atoms. The average molecular weight is 547 g/mol. The van der Waals surface area contributed by atoms with Crippen molar-refractivity contribution < 1.29 is 28.6 Å². The smallest absolute Gasteiger partial charge is 0.333 e. The second-order valence-electron chi connectivity index (χ2n) is 8.72. The first-order chi connectivity index (χ1) is 18.4. The lowest BCUT2D eigenvalue weighted by Gasteiger charge is -2.27. The molecule has 0 spiro atoms. The molecular formula is C27H42N6O6. The molecule has 1 aromatic rings. The summed E-state index contributed by atoms with van der Waals surface area (Å²) in [5.41, 5.74) is 0.957. The van der Waals surface area contributed by atoms with E-state index in [1.54, 1.807) is 20.8 Å². The monoisotopic (exact) mass is 546 g/mol. The number of aromatic nitrogens is 3. The minimum absolute atomic E-state index is 0.124. The second kappa shape index (κ2) is 16.8. The van der Waals surface area contributed by atoms with Crippen LogP contribution in [0.5, 0.6) is 0 Å². The summed E-state index contributed by atoms with van der Waals surface area (Å²) in [7, 11) is 0. The van der Waals surface area contributed by atoms with Crippen LogP contribution in [-0.2, 0) is 28.6 Å². The number of carbonyl (C=O) groups excluding carboxylic acids is 3. The number of rotatable bonds is 18. The van der Waals surface area contributed by atoms with Gasteiger partial charge in [-0.05, 0) is 41.5 Å². The highest BCUT2D eigenvalue weighted by molar-refractivity contribution is 5.87. The normalized spacial score (nSPS) is 10.3. The fraction of sp³-hybridized carbons (Fsp3) is 0.556. The Bertz CT molecular complexity index is 903. The third-order valence-electron chi connectivity index (χ3n) is 5.42. The number of ether oxygens (including phenoxy) is 3. The van der Waals surface area contributed by atoms with Gasteiger partial charge >= 0.3 is 17.9 Å². The molecule has 39 heavy (non-hydrogen) atoms. The lowest BCUT2D eigenvalue weighted by atomic mass is 10.4. The summed E-state index contributed by atoms with van der Waals surface area (Å²) >= 11 is 0. The average Bonchev–Trinajstić information content (AvgIpc) is 2.90. The van der Waals surface area contributed by atoms with Crippen molar-refractivity contribution in [1.29, 1.82) is 0 Å². The SMILES string of the molecule is C=C(C)C(=O)OCCN(CC)c1nc(N(CC)CCOC(=O)C(=C)C)nc(N(CC)CCOC(=O)C(=C)C)n1. The maximum atomic E-state index is 11.8. The van der Waals surface area contributed by atoms with Crippen molar-refractivity contribution in [3.8, 4) is 0 Å². The number of carbonyl (C=O) groups is 3. The van der Waals surface area contributed by atoms with Gasteiger partial charge in [-0.1, -0.05) is 19.7 Å². The second-order valence-corrected chi connectivity index (χ2v) is 8.72. The lowest BCUT2D eigenvalue weighted by Crippen LogP contribution is -2.35. The predicted molar refractivity (Wildman–Crippen MR) is 151 cm³/mol. The quantitative estimate of drug-likeness (QED) is 0.153. The first kappa shape index (κ1) is 33.1. The first-order valence-electron chi connectivity index (χ1n) is 12.9. The Labute approximate surface area is 231 Å². The molecule has 0 aromatic carbocycles.